The van der Waals surface area contributed by atoms with Gasteiger partial charge in [-0.15, -0.1) is 0 Å². The molecule has 34 heavy (non-hydrogen) atoms. The van der Waals surface area contributed by atoms with Crippen molar-refractivity contribution in [2.75, 3.05) is 5.32 Å². The number of nitrogens with one attached hydrogen (secondary N) is 1. The van der Waals surface area contributed by atoms with Crippen molar-refractivity contribution in [3.63, 3.8) is 0 Å². The van der Waals surface area contributed by atoms with E-state index in [1.807, 2.05) is 37.6 Å². The lowest BCUT2D eigenvalue weighted by atomic mass is 10.1. The van der Waals surface area contributed by atoms with E-state index in [0.717, 1.165) is 54.3 Å². The third kappa shape index (κ3) is 4.40. The van der Waals surface area contributed by atoms with Gasteiger partial charge in [0, 0.05) is 29.4 Å². The van der Waals surface area contributed by atoms with Crippen LogP contribution in [0.15, 0.2) is 42.7 Å². The molecule has 0 spiro atoms. The molecule has 0 unspecified atom stereocenters. The Balaban J connectivity index is 1.50. The van der Waals surface area contributed by atoms with Crippen LogP contribution in [0.1, 0.15) is 35.4 Å². The van der Waals surface area contributed by atoms with Crippen LogP contribution in [0.2, 0.25) is 0 Å². The summed E-state index contributed by atoms with van der Waals surface area (Å²) in [5, 5.41) is 12.6. The van der Waals surface area contributed by atoms with Crippen LogP contribution in [0, 0.1) is 26.7 Å². The number of aromatic nitrogens is 6. The molecule has 0 radical (unpaired) electrons. The van der Waals surface area contributed by atoms with E-state index in [1.54, 1.807) is 4.68 Å². The Kier molecular flexibility index (Phi) is 5.38. The second-order valence-electron chi connectivity index (χ2n) is 8.75. The molecule has 1 aromatic carbocycles. The third-order valence-corrected chi connectivity index (χ3v) is 5.93. The Hall–Kier alpha value is -3.69. The number of alkyl halides is 3. The minimum Gasteiger partial charge on any atom is -0.325 e. The summed E-state index contributed by atoms with van der Waals surface area (Å²) < 4.78 is 42.6. The summed E-state index contributed by atoms with van der Waals surface area (Å²) in [7, 11) is 0. The Morgan fingerprint density at radius 1 is 1.00 bits per heavy atom. The fraction of sp³-hybridized carbons (Fsp3) is 0.333. The summed E-state index contributed by atoms with van der Waals surface area (Å²) in [5.74, 6) is 2.53. The molecule has 1 aliphatic rings. The van der Waals surface area contributed by atoms with Gasteiger partial charge in [-0.25, -0.2) is 19.3 Å². The Labute approximate surface area is 194 Å². The molecule has 5 rings (SSSR count). The van der Waals surface area contributed by atoms with Crippen molar-refractivity contribution in [1.82, 2.24) is 29.5 Å². The smallest absolute Gasteiger partial charge is 0.325 e. The van der Waals surface area contributed by atoms with Gasteiger partial charge in [0.2, 0.25) is 0 Å². The maximum atomic E-state index is 13.0. The molecule has 0 aliphatic heterocycles. The van der Waals surface area contributed by atoms with E-state index in [1.165, 1.54) is 18.5 Å². The molecule has 3 aromatic heterocycles. The number of rotatable bonds is 6. The zero-order valence-corrected chi connectivity index (χ0v) is 19.1. The molecule has 0 amide bonds. The molecule has 0 bridgehead atoms. The van der Waals surface area contributed by atoms with E-state index in [-0.39, 0.29) is 0 Å². The van der Waals surface area contributed by atoms with Crippen molar-refractivity contribution in [2.45, 2.75) is 46.3 Å². The molecule has 1 fully saturated rings. The molecule has 1 saturated carbocycles. The van der Waals surface area contributed by atoms with Gasteiger partial charge in [0.1, 0.15) is 18.0 Å². The minimum absolute atomic E-state index is 0.552. The van der Waals surface area contributed by atoms with Crippen molar-refractivity contribution >= 4 is 11.6 Å². The number of halogens is 3. The summed E-state index contributed by atoms with van der Waals surface area (Å²) in [4.78, 5) is 8.71. The quantitative estimate of drug-likeness (QED) is 0.398. The van der Waals surface area contributed by atoms with Gasteiger partial charge in [0.15, 0.2) is 5.82 Å². The van der Waals surface area contributed by atoms with Gasteiger partial charge in [-0.2, -0.15) is 23.4 Å². The first kappa shape index (κ1) is 22.1. The SMILES string of the molecule is Cc1cc(C)n(-c2cc(Nc3c(C)c(-c4ccc(C(F)(F)F)cc4)nn3CC3CC3)ncn2)n1. The van der Waals surface area contributed by atoms with E-state index in [9.17, 15) is 13.2 Å². The highest BCUT2D eigenvalue weighted by Crippen LogP contribution is 2.36. The lowest BCUT2D eigenvalue weighted by molar-refractivity contribution is -0.137. The monoisotopic (exact) mass is 467 g/mol. The molecule has 0 atom stereocenters. The lowest BCUT2D eigenvalue weighted by Crippen LogP contribution is -2.09. The third-order valence-electron chi connectivity index (χ3n) is 5.93. The van der Waals surface area contributed by atoms with Gasteiger partial charge in [-0.05, 0) is 57.7 Å². The highest BCUT2D eigenvalue weighted by Gasteiger charge is 2.30. The van der Waals surface area contributed by atoms with E-state index in [4.69, 9.17) is 5.10 Å². The van der Waals surface area contributed by atoms with Gasteiger partial charge in [0.25, 0.3) is 0 Å². The normalized spacial score (nSPS) is 13.9. The molecule has 0 saturated heterocycles. The minimum atomic E-state index is -4.37. The first-order valence-electron chi connectivity index (χ1n) is 11.1. The van der Waals surface area contributed by atoms with E-state index in [0.29, 0.717) is 28.8 Å². The predicted molar refractivity (Wildman–Crippen MR) is 122 cm³/mol. The summed E-state index contributed by atoms with van der Waals surface area (Å²) in [6.07, 6.45) is -0.614. The van der Waals surface area contributed by atoms with Gasteiger partial charge < -0.3 is 5.32 Å². The standard InChI is InChI=1S/C24H24F3N7/c1-14-10-15(2)34(31-14)21-11-20(28-13-29-21)30-23-16(3)22(32-33(23)12-17-4-5-17)18-6-8-19(9-7-18)24(25,26)27/h6-11,13,17H,4-5,12H2,1-3H3,(H,28,29,30). The van der Waals surface area contributed by atoms with Crippen LogP contribution in [-0.2, 0) is 12.7 Å². The summed E-state index contributed by atoms with van der Waals surface area (Å²) >= 11 is 0. The highest BCUT2D eigenvalue weighted by molar-refractivity contribution is 5.71. The summed E-state index contributed by atoms with van der Waals surface area (Å²) in [6, 6.07) is 8.90. The number of aryl methyl sites for hydroxylation is 2. The largest absolute Gasteiger partial charge is 0.416 e. The molecule has 176 valence electrons. The van der Waals surface area contributed by atoms with Gasteiger partial charge in [-0.1, -0.05) is 12.1 Å². The lowest BCUT2D eigenvalue weighted by Gasteiger charge is -2.11. The van der Waals surface area contributed by atoms with Gasteiger partial charge in [-0.3, -0.25) is 0 Å². The fourth-order valence-electron chi connectivity index (χ4n) is 3.99. The molecule has 1 aliphatic carbocycles. The fourth-order valence-corrected chi connectivity index (χ4v) is 3.99. The molecular weight excluding hydrogens is 443 g/mol. The van der Waals surface area contributed by atoms with Crippen LogP contribution >= 0.6 is 0 Å². The predicted octanol–water partition coefficient (Wildman–Crippen LogP) is 5.62. The molecule has 3 heterocycles. The average Bonchev–Trinajstić information content (AvgIpc) is 3.48. The van der Waals surface area contributed by atoms with E-state index in [2.05, 4.69) is 20.4 Å². The number of hydrogen-bond donors (Lipinski definition) is 1. The number of nitrogens with zero attached hydrogens (tertiary/aromatic N) is 6. The van der Waals surface area contributed by atoms with Crippen LogP contribution in [0.4, 0.5) is 24.8 Å². The zero-order chi connectivity index (χ0) is 24.0. The Bertz CT molecular complexity index is 1330. The second kappa shape index (κ2) is 8.27. The molecular formula is C24H24F3N7. The van der Waals surface area contributed by atoms with Crippen molar-refractivity contribution in [2.24, 2.45) is 5.92 Å². The first-order valence-corrected chi connectivity index (χ1v) is 11.1. The number of hydrogen-bond acceptors (Lipinski definition) is 5. The average molecular weight is 467 g/mol. The molecule has 4 aromatic rings. The van der Waals surface area contributed by atoms with E-state index >= 15 is 0 Å². The Morgan fingerprint density at radius 3 is 2.35 bits per heavy atom. The van der Waals surface area contributed by atoms with Crippen molar-refractivity contribution in [3.05, 3.63) is 65.2 Å². The summed E-state index contributed by atoms with van der Waals surface area (Å²) in [6.45, 7) is 6.53. The zero-order valence-electron chi connectivity index (χ0n) is 19.1. The highest BCUT2D eigenvalue weighted by atomic mass is 19.4. The number of anilines is 2. The van der Waals surface area contributed by atoms with Crippen LogP contribution in [0.5, 0.6) is 0 Å². The summed E-state index contributed by atoms with van der Waals surface area (Å²) in [5.41, 5.74) is 3.29. The van der Waals surface area contributed by atoms with Crippen LogP contribution < -0.4 is 5.32 Å². The Morgan fingerprint density at radius 2 is 1.74 bits per heavy atom. The van der Waals surface area contributed by atoms with Gasteiger partial charge in [0.05, 0.1) is 17.0 Å². The van der Waals surface area contributed by atoms with Crippen LogP contribution in [0.25, 0.3) is 17.1 Å². The van der Waals surface area contributed by atoms with Crippen LogP contribution in [0.3, 0.4) is 0 Å². The maximum absolute atomic E-state index is 13.0. The van der Waals surface area contributed by atoms with Gasteiger partial charge >= 0.3 is 6.18 Å². The van der Waals surface area contributed by atoms with Crippen LogP contribution in [-0.4, -0.2) is 29.5 Å². The first-order chi connectivity index (χ1) is 16.2. The second-order valence-corrected chi connectivity index (χ2v) is 8.75. The topological polar surface area (TPSA) is 73.5 Å². The van der Waals surface area contributed by atoms with Crippen molar-refractivity contribution < 1.29 is 13.2 Å². The van der Waals surface area contributed by atoms with Crippen molar-refractivity contribution in [1.29, 1.82) is 0 Å². The van der Waals surface area contributed by atoms with E-state index < -0.39 is 11.7 Å². The molecule has 10 heteroatoms. The number of benzene rings is 1. The molecule has 1 N–H and O–H groups in total. The maximum Gasteiger partial charge on any atom is 0.416 e. The molecule has 7 nitrogen and oxygen atoms in total. The van der Waals surface area contributed by atoms with Crippen molar-refractivity contribution in [3.8, 4) is 17.1 Å².